The van der Waals surface area contributed by atoms with Crippen LogP contribution in [0.25, 0.3) is 0 Å². The highest BCUT2D eigenvalue weighted by molar-refractivity contribution is 5.73. The molecular formula is C9H19N2O2+. The van der Waals surface area contributed by atoms with Crippen LogP contribution in [0.5, 0.6) is 0 Å². The van der Waals surface area contributed by atoms with Crippen LogP contribution in [0.2, 0.25) is 0 Å². The van der Waals surface area contributed by atoms with Gasteiger partial charge in [-0.3, -0.25) is 4.79 Å². The molecule has 1 saturated heterocycles. The molecule has 0 amide bonds. The molecule has 76 valence electrons. The summed E-state index contributed by atoms with van der Waals surface area (Å²) >= 11 is 0. The second-order valence-corrected chi connectivity index (χ2v) is 4.10. The van der Waals surface area contributed by atoms with E-state index in [1.807, 2.05) is 0 Å². The zero-order chi connectivity index (χ0) is 9.84. The molecule has 0 saturated carbocycles. The average molecular weight is 187 g/mol. The summed E-state index contributed by atoms with van der Waals surface area (Å²) in [7, 11) is 2.15. The lowest BCUT2D eigenvalue weighted by Crippen LogP contribution is -3.10. The van der Waals surface area contributed by atoms with Gasteiger partial charge in [0.25, 0.3) is 0 Å². The summed E-state index contributed by atoms with van der Waals surface area (Å²) < 4.78 is 0. The van der Waals surface area contributed by atoms with E-state index in [1.165, 1.54) is 17.9 Å². The van der Waals surface area contributed by atoms with Crippen molar-refractivity contribution >= 4 is 5.97 Å². The summed E-state index contributed by atoms with van der Waals surface area (Å²) in [4.78, 5) is 12.0. The molecule has 0 aliphatic carbocycles. The summed E-state index contributed by atoms with van der Waals surface area (Å²) in [5.74, 6) is -0.372. The van der Waals surface area contributed by atoms with Crippen molar-refractivity contribution in [2.75, 3.05) is 20.1 Å². The van der Waals surface area contributed by atoms with Crippen LogP contribution in [0.3, 0.4) is 0 Å². The highest BCUT2D eigenvalue weighted by Crippen LogP contribution is 2.13. The maximum absolute atomic E-state index is 10.5. The van der Waals surface area contributed by atoms with Gasteiger partial charge in [-0.25, -0.2) is 0 Å². The molecule has 0 bridgehead atoms. The van der Waals surface area contributed by atoms with E-state index in [-0.39, 0.29) is 0 Å². The Morgan fingerprint density at radius 1 is 1.77 bits per heavy atom. The number of likely N-dealkylation sites (tertiary alicyclic amines) is 1. The second-order valence-electron chi connectivity index (χ2n) is 4.10. The number of nitrogens with one attached hydrogen (secondary N) is 1. The number of piperidine rings is 1. The van der Waals surface area contributed by atoms with Crippen LogP contribution in [-0.4, -0.2) is 37.3 Å². The molecule has 4 heteroatoms. The minimum absolute atomic E-state index is 0.500. The first-order chi connectivity index (χ1) is 6.09. The van der Waals surface area contributed by atoms with Crippen LogP contribution in [0.1, 0.15) is 19.3 Å². The van der Waals surface area contributed by atoms with E-state index in [4.69, 9.17) is 10.8 Å². The number of carbonyl (C=O) groups is 1. The first-order valence-corrected chi connectivity index (χ1v) is 4.89. The Morgan fingerprint density at radius 2 is 2.46 bits per heavy atom. The van der Waals surface area contributed by atoms with Crippen molar-refractivity contribution in [2.45, 2.75) is 25.3 Å². The van der Waals surface area contributed by atoms with Gasteiger partial charge < -0.3 is 15.7 Å². The van der Waals surface area contributed by atoms with Gasteiger partial charge in [-0.05, 0) is 19.3 Å². The summed E-state index contributed by atoms with van der Waals surface area (Å²) in [5, 5.41) is 8.65. The van der Waals surface area contributed by atoms with Crippen molar-refractivity contribution in [1.82, 2.24) is 0 Å². The normalized spacial score (nSPS) is 31.2. The topological polar surface area (TPSA) is 67.8 Å². The SMILES string of the molecule is C[NH+]1CCCC(C[C@H](N)C(=O)O)C1. The van der Waals surface area contributed by atoms with Crippen molar-refractivity contribution in [3.8, 4) is 0 Å². The zero-order valence-electron chi connectivity index (χ0n) is 8.12. The molecule has 4 nitrogen and oxygen atoms in total. The summed E-state index contributed by atoms with van der Waals surface area (Å²) in [6, 6.07) is -0.670. The molecule has 3 atom stereocenters. The van der Waals surface area contributed by atoms with E-state index in [0.717, 1.165) is 13.0 Å². The average Bonchev–Trinajstić information content (AvgIpc) is 2.04. The Hall–Kier alpha value is -0.610. The van der Waals surface area contributed by atoms with E-state index in [2.05, 4.69) is 7.05 Å². The molecule has 2 unspecified atom stereocenters. The predicted octanol–water partition coefficient (Wildman–Crippen LogP) is -1.29. The van der Waals surface area contributed by atoms with Crippen LogP contribution in [0.15, 0.2) is 0 Å². The fourth-order valence-electron chi connectivity index (χ4n) is 2.05. The molecule has 4 N–H and O–H groups in total. The van der Waals surface area contributed by atoms with Gasteiger partial charge in [-0.1, -0.05) is 0 Å². The van der Waals surface area contributed by atoms with Crippen LogP contribution >= 0.6 is 0 Å². The second kappa shape index (κ2) is 4.58. The van der Waals surface area contributed by atoms with E-state index < -0.39 is 12.0 Å². The molecule has 1 aliphatic rings. The van der Waals surface area contributed by atoms with Gasteiger partial charge in [-0.15, -0.1) is 0 Å². The zero-order valence-corrected chi connectivity index (χ0v) is 8.12. The van der Waals surface area contributed by atoms with Gasteiger partial charge in [0.1, 0.15) is 6.04 Å². The Balaban J connectivity index is 2.31. The van der Waals surface area contributed by atoms with Crippen LogP contribution in [0, 0.1) is 5.92 Å². The van der Waals surface area contributed by atoms with Gasteiger partial charge in [0.15, 0.2) is 0 Å². The number of carboxylic acid groups (broad SMARTS) is 1. The third-order valence-corrected chi connectivity index (χ3v) is 2.76. The molecule has 1 fully saturated rings. The minimum Gasteiger partial charge on any atom is -0.480 e. The van der Waals surface area contributed by atoms with Crippen LogP contribution in [-0.2, 0) is 4.79 Å². The fourth-order valence-corrected chi connectivity index (χ4v) is 2.05. The first-order valence-electron chi connectivity index (χ1n) is 4.89. The van der Waals surface area contributed by atoms with Gasteiger partial charge in [0.2, 0.25) is 0 Å². The number of hydrogen-bond donors (Lipinski definition) is 3. The smallest absolute Gasteiger partial charge is 0.320 e. The Bertz CT molecular complexity index is 184. The minimum atomic E-state index is -0.872. The predicted molar refractivity (Wildman–Crippen MR) is 49.6 cm³/mol. The van der Waals surface area contributed by atoms with Crippen molar-refractivity contribution < 1.29 is 14.8 Å². The highest BCUT2D eigenvalue weighted by Gasteiger charge is 2.24. The van der Waals surface area contributed by atoms with Gasteiger partial charge >= 0.3 is 5.97 Å². The Morgan fingerprint density at radius 3 is 3.00 bits per heavy atom. The van der Waals surface area contributed by atoms with E-state index in [0.29, 0.717) is 12.3 Å². The lowest BCUT2D eigenvalue weighted by atomic mass is 9.92. The summed E-state index contributed by atoms with van der Waals surface area (Å²) in [6.45, 7) is 2.28. The molecular weight excluding hydrogens is 168 g/mol. The quantitative estimate of drug-likeness (QED) is 0.515. The standard InChI is InChI=1S/C9H18N2O2/c1-11-4-2-3-7(6-11)5-8(10)9(12)13/h7-8H,2-6,10H2,1H3,(H,12,13)/p+1/t7?,8-/m0/s1. The van der Waals surface area contributed by atoms with Gasteiger partial charge in [0, 0.05) is 5.92 Å². The Kier molecular flexibility index (Phi) is 3.69. The van der Waals surface area contributed by atoms with Gasteiger partial charge in [0.05, 0.1) is 20.1 Å². The monoisotopic (exact) mass is 187 g/mol. The van der Waals surface area contributed by atoms with E-state index in [1.54, 1.807) is 0 Å². The lowest BCUT2D eigenvalue weighted by molar-refractivity contribution is -0.888. The maximum Gasteiger partial charge on any atom is 0.320 e. The highest BCUT2D eigenvalue weighted by atomic mass is 16.4. The van der Waals surface area contributed by atoms with E-state index in [9.17, 15) is 4.79 Å². The number of hydrogen-bond acceptors (Lipinski definition) is 2. The molecule has 0 radical (unpaired) electrons. The molecule has 13 heavy (non-hydrogen) atoms. The van der Waals surface area contributed by atoms with E-state index >= 15 is 0 Å². The molecule has 0 spiro atoms. The first kappa shape index (κ1) is 10.5. The van der Waals surface area contributed by atoms with Crippen LogP contribution in [0.4, 0.5) is 0 Å². The molecule has 0 aromatic carbocycles. The largest absolute Gasteiger partial charge is 0.480 e. The third-order valence-electron chi connectivity index (χ3n) is 2.76. The number of nitrogens with two attached hydrogens (primary N) is 1. The van der Waals surface area contributed by atoms with Crippen molar-refractivity contribution in [3.63, 3.8) is 0 Å². The molecule has 0 aromatic heterocycles. The molecule has 1 aliphatic heterocycles. The molecule has 1 heterocycles. The van der Waals surface area contributed by atoms with Crippen molar-refractivity contribution in [1.29, 1.82) is 0 Å². The maximum atomic E-state index is 10.5. The summed E-state index contributed by atoms with van der Waals surface area (Å²) in [5.41, 5.74) is 5.48. The number of rotatable bonds is 3. The third kappa shape index (κ3) is 3.32. The Labute approximate surface area is 78.7 Å². The molecule has 1 rings (SSSR count). The fraction of sp³-hybridized carbons (Fsp3) is 0.889. The van der Waals surface area contributed by atoms with Crippen molar-refractivity contribution in [2.24, 2.45) is 11.7 Å². The van der Waals surface area contributed by atoms with Crippen LogP contribution < -0.4 is 10.6 Å². The number of aliphatic carboxylic acids is 1. The number of quaternary nitrogens is 1. The number of carboxylic acids is 1. The lowest BCUT2D eigenvalue weighted by Gasteiger charge is -2.27. The van der Waals surface area contributed by atoms with Crippen molar-refractivity contribution in [3.05, 3.63) is 0 Å². The van der Waals surface area contributed by atoms with Gasteiger partial charge in [-0.2, -0.15) is 0 Å². The molecule has 0 aromatic rings. The summed E-state index contributed by atoms with van der Waals surface area (Å²) in [6.07, 6.45) is 2.97.